The lowest BCUT2D eigenvalue weighted by Gasteiger charge is -2.40. The Kier molecular flexibility index (Phi) is 7.56. The molecular weight excluding hydrogens is 464 g/mol. The van der Waals surface area contributed by atoms with E-state index >= 15 is 0 Å². The second kappa shape index (κ2) is 10.8. The number of hydrogen-bond donors (Lipinski definition) is 0. The number of halogens is 2. The zero-order chi connectivity index (χ0) is 24.3. The number of nitrogens with zero attached hydrogens (tertiary/aromatic N) is 3. The van der Waals surface area contributed by atoms with Gasteiger partial charge in [0.15, 0.2) is 0 Å². The highest BCUT2D eigenvalue weighted by Crippen LogP contribution is 2.53. The third kappa shape index (κ3) is 5.79. The van der Waals surface area contributed by atoms with Gasteiger partial charge in [0.05, 0.1) is 0 Å². The molecular formula is C28H33F2N3OS. The van der Waals surface area contributed by atoms with Crippen molar-refractivity contribution in [3.63, 3.8) is 0 Å². The van der Waals surface area contributed by atoms with Crippen molar-refractivity contribution in [3.05, 3.63) is 76.9 Å². The third-order valence-corrected chi connectivity index (χ3v) is 9.25. The van der Waals surface area contributed by atoms with E-state index in [2.05, 4.69) is 45.8 Å². The number of fused-ring (bicyclic) bond motifs is 2. The lowest BCUT2D eigenvalue weighted by atomic mass is 9.86. The normalized spacial score (nSPS) is 20.6. The molecule has 1 amide bonds. The number of benzene rings is 2. The van der Waals surface area contributed by atoms with Gasteiger partial charge in [-0.3, -0.25) is 9.69 Å². The first-order valence-corrected chi connectivity index (χ1v) is 13.6. The molecule has 5 rings (SSSR count). The van der Waals surface area contributed by atoms with Gasteiger partial charge in [-0.15, -0.1) is 11.8 Å². The number of carbonyl (C=O) groups is 1. The van der Waals surface area contributed by atoms with Crippen LogP contribution in [-0.2, 0) is 15.3 Å². The summed E-state index contributed by atoms with van der Waals surface area (Å²) in [6.45, 7) is 7.63. The van der Waals surface area contributed by atoms with Gasteiger partial charge in [-0.2, -0.15) is 0 Å². The average molecular weight is 498 g/mol. The molecule has 0 unspecified atom stereocenters. The molecule has 2 saturated heterocycles. The largest absolute Gasteiger partial charge is 0.337 e. The Hall–Kier alpha value is -2.22. The second-order valence-electron chi connectivity index (χ2n) is 9.84. The van der Waals surface area contributed by atoms with Gasteiger partial charge in [0, 0.05) is 48.8 Å². The van der Waals surface area contributed by atoms with Crippen LogP contribution in [0.5, 0.6) is 0 Å². The van der Waals surface area contributed by atoms with Gasteiger partial charge >= 0.3 is 0 Å². The number of rotatable bonds is 6. The van der Waals surface area contributed by atoms with Gasteiger partial charge in [0.2, 0.25) is 5.91 Å². The third-order valence-electron chi connectivity index (χ3n) is 7.61. The van der Waals surface area contributed by atoms with Crippen LogP contribution in [0.15, 0.2) is 48.5 Å². The van der Waals surface area contributed by atoms with Gasteiger partial charge in [-0.05, 0) is 80.3 Å². The van der Waals surface area contributed by atoms with Crippen LogP contribution in [0, 0.1) is 11.6 Å². The second-order valence-corrected chi connectivity index (χ2v) is 11.2. The zero-order valence-electron chi connectivity index (χ0n) is 20.1. The summed E-state index contributed by atoms with van der Waals surface area (Å²) < 4.78 is 27.0. The standard InChI is InChI=1S/C28H33F2N3OS/c29-24-18-22(19-25(30)20-24)6-7-27(34)33-16-14-32(15-17-33)11-3-10-31-12-8-28(9-13-31)26-5-2-1-4-23(26)21-35-28/h1-2,4-7,18-20H,3,8-17,21H2/b7-6+. The summed E-state index contributed by atoms with van der Waals surface area (Å²) in [5.74, 6) is -0.234. The van der Waals surface area contributed by atoms with Crippen LogP contribution < -0.4 is 0 Å². The van der Waals surface area contributed by atoms with Gasteiger partial charge < -0.3 is 9.80 Å². The van der Waals surface area contributed by atoms with Crippen LogP contribution in [-0.4, -0.2) is 73.0 Å². The summed E-state index contributed by atoms with van der Waals surface area (Å²) in [4.78, 5) is 19.3. The average Bonchev–Trinajstić information content (AvgIpc) is 3.22. The molecule has 1 spiro atoms. The van der Waals surface area contributed by atoms with E-state index < -0.39 is 11.6 Å². The van der Waals surface area contributed by atoms with E-state index in [-0.39, 0.29) is 5.91 Å². The number of amides is 1. The van der Waals surface area contributed by atoms with Crippen molar-refractivity contribution in [2.45, 2.75) is 29.8 Å². The Morgan fingerprint density at radius 3 is 2.29 bits per heavy atom. The Morgan fingerprint density at radius 1 is 0.914 bits per heavy atom. The molecule has 7 heteroatoms. The van der Waals surface area contributed by atoms with E-state index in [9.17, 15) is 13.6 Å². The number of piperidine rings is 1. The first kappa shape index (κ1) is 24.5. The highest BCUT2D eigenvalue weighted by atomic mass is 32.2. The molecule has 0 atom stereocenters. The molecule has 3 aliphatic heterocycles. The number of piperazine rings is 1. The first-order chi connectivity index (χ1) is 17.0. The molecule has 3 heterocycles. The maximum absolute atomic E-state index is 13.3. The van der Waals surface area contributed by atoms with Crippen molar-refractivity contribution < 1.29 is 13.6 Å². The highest BCUT2D eigenvalue weighted by molar-refractivity contribution is 7.99. The molecule has 2 fully saturated rings. The maximum Gasteiger partial charge on any atom is 0.246 e. The molecule has 0 aliphatic carbocycles. The number of carbonyl (C=O) groups excluding carboxylic acids is 1. The number of hydrogen-bond acceptors (Lipinski definition) is 4. The van der Waals surface area contributed by atoms with E-state index in [0.29, 0.717) is 23.4 Å². The Bertz CT molecular complexity index is 1060. The minimum atomic E-state index is -0.641. The predicted octanol–water partition coefficient (Wildman–Crippen LogP) is 4.75. The summed E-state index contributed by atoms with van der Waals surface area (Å²) in [5, 5.41) is 0. The molecule has 186 valence electrons. The molecule has 2 aromatic carbocycles. The fraction of sp³-hybridized carbons (Fsp3) is 0.464. The molecule has 0 N–H and O–H groups in total. The van der Waals surface area contributed by atoms with Crippen molar-refractivity contribution >= 4 is 23.7 Å². The molecule has 0 aromatic heterocycles. The van der Waals surface area contributed by atoms with Crippen molar-refractivity contribution in [3.8, 4) is 0 Å². The quantitative estimate of drug-likeness (QED) is 0.538. The fourth-order valence-corrected chi connectivity index (χ4v) is 7.10. The molecule has 0 bridgehead atoms. The van der Waals surface area contributed by atoms with Crippen LogP contribution in [0.25, 0.3) is 6.08 Å². The van der Waals surface area contributed by atoms with E-state index in [0.717, 1.165) is 44.4 Å². The Labute approximate surface area is 211 Å². The lowest BCUT2D eigenvalue weighted by Crippen LogP contribution is -2.49. The number of likely N-dealkylation sites (tertiary alicyclic amines) is 1. The molecule has 0 radical (unpaired) electrons. The van der Waals surface area contributed by atoms with E-state index in [4.69, 9.17) is 0 Å². The van der Waals surface area contributed by atoms with Gasteiger partial charge in [0.25, 0.3) is 0 Å². The SMILES string of the molecule is O=C(/C=C/c1cc(F)cc(F)c1)N1CCN(CCCN2CCC3(CC2)SCc2ccccc23)CC1. The van der Waals surface area contributed by atoms with Crippen LogP contribution >= 0.6 is 11.8 Å². The van der Waals surface area contributed by atoms with Crippen molar-refractivity contribution in [2.24, 2.45) is 0 Å². The first-order valence-electron chi connectivity index (χ1n) is 12.6. The fourth-order valence-electron chi connectivity index (χ4n) is 5.59. The predicted molar refractivity (Wildman–Crippen MR) is 138 cm³/mol. The molecule has 35 heavy (non-hydrogen) atoms. The molecule has 4 nitrogen and oxygen atoms in total. The summed E-state index contributed by atoms with van der Waals surface area (Å²) in [5.41, 5.74) is 3.46. The van der Waals surface area contributed by atoms with Gasteiger partial charge in [0.1, 0.15) is 11.6 Å². The van der Waals surface area contributed by atoms with Gasteiger partial charge in [-0.1, -0.05) is 24.3 Å². The monoisotopic (exact) mass is 497 g/mol. The van der Waals surface area contributed by atoms with Crippen LogP contribution in [0.2, 0.25) is 0 Å². The minimum Gasteiger partial charge on any atom is -0.337 e. The van der Waals surface area contributed by atoms with Gasteiger partial charge in [-0.25, -0.2) is 8.78 Å². The number of thioether (sulfide) groups is 1. The van der Waals surface area contributed by atoms with Crippen molar-refractivity contribution in [1.29, 1.82) is 0 Å². The van der Waals surface area contributed by atoms with Crippen molar-refractivity contribution in [1.82, 2.24) is 14.7 Å². The lowest BCUT2D eigenvalue weighted by molar-refractivity contribution is -0.127. The zero-order valence-corrected chi connectivity index (χ0v) is 20.9. The summed E-state index contributed by atoms with van der Waals surface area (Å²) in [6.07, 6.45) is 6.52. The summed E-state index contributed by atoms with van der Waals surface area (Å²) in [6, 6.07) is 12.2. The summed E-state index contributed by atoms with van der Waals surface area (Å²) >= 11 is 2.14. The molecule has 3 aliphatic rings. The highest BCUT2D eigenvalue weighted by Gasteiger charge is 2.41. The van der Waals surface area contributed by atoms with Crippen LogP contribution in [0.3, 0.4) is 0 Å². The summed E-state index contributed by atoms with van der Waals surface area (Å²) in [7, 11) is 0. The van der Waals surface area contributed by atoms with Crippen molar-refractivity contribution in [2.75, 3.05) is 52.4 Å². The molecule has 2 aromatic rings. The topological polar surface area (TPSA) is 26.8 Å². The molecule has 0 saturated carbocycles. The van der Waals surface area contributed by atoms with Crippen LogP contribution in [0.1, 0.15) is 36.0 Å². The van der Waals surface area contributed by atoms with E-state index in [1.165, 1.54) is 55.8 Å². The Balaban J connectivity index is 1.01. The van der Waals surface area contributed by atoms with Crippen LogP contribution in [0.4, 0.5) is 8.78 Å². The smallest absolute Gasteiger partial charge is 0.246 e. The Morgan fingerprint density at radius 2 is 1.57 bits per heavy atom. The maximum atomic E-state index is 13.3. The van der Waals surface area contributed by atoms with E-state index in [1.807, 2.05) is 4.90 Å². The van der Waals surface area contributed by atoms with E-state index in [1.54, 1.807) is 5.56 Å². The minimum absolute atomic E-state index is 0.108.